The highest BCUT2D eigenvalue weighted by Crippen LogP contribution is 2.37. The van der Waals surface area contributed by atoms with E-state index in [0.29, 0.717) is 17.0 Å². The first-order chi connectivity index (χ1) is 13.5. The van der Waals surface area contributed by atoms with Crippen LogP contribution in [0.4, 0.5) is 5.69 Å². The van der Waals surface area contributed by atoms with Crippen molar-refractivity contribution in [1.82, 2.24) is 0 Å². The lowest BCUT2D eigenvalue weighted by Gasteiger charge is -2.32. The number of benzene rings is 2. The Balaban J connectivity index is 1.73. The van der Waals surface area contributed by atoms with Gasteiger partial charge in [0.2, 0.25) is 0 Å². The molecule has 2 aromatic carbocycles. The first-order valence-corrected chi connectivity index (χ1v) is 11.6. The molecule has 1 saturated heterocycles. The number of aryl methyl sites for hydroxylation is 1. The van der Waals surface area contributed by atoms with Gasteiger partial charge in [0.05, 0.1) is 21.8 Å². The van der Waals surface area contributed by atoms with Crippen LogP contribution in [0.15, 0.2) is 47.4 Å². The summed E-state index contributed by atoms with van der Waals surface area (Å²) in [5.41, 5.74) is 1.23. The standard InChI is InChI=1S/C21H25BClNO4S/c1-20(2)21(3,4)28-22(27-20)17-14-16(11-12-18(17)23)29(25,26)24-13-7-9-15-8-5-6-10-19(15)24/h5-6,8,10-12,14H,7,9,13H2,1-4H3. The maximum absolute atomic E-state index is 13.5. The summed E-state index contributed by atoms with van der Waals surface area (Å²) in [5.74, 6) is 0. The second kappa shape index (κ2) is 7.01. The first kappa shape index (κ1) is 20.7. The molecule has 0 aliphatic carbocycles. The summed E-state index contributed by atoms with van der Waals surface area (Å²) in [6.45, 7) is 8.25. The summed E-state index contributed by atoms with van der Waals surface area (Å²) in [4.78, 5) is 0.184. The van der Waals surface area contributed by atoms with Crippen molar-refractivity contribution >= 4 is 39.9 Å². The number of fused-ring (bicyclic) bond motifs is 1. The number of para-hydroxylation sites is 1. The molecule has 0 aromatic heterocycles. The minimum absolute atomic E-state index is 0.184. The molecule has 2 aliphatic heterocycles. The Hall–Kier alpha value is -1.54. The minimum atomic E-state index is -3.74. The molecule has 0 atom stereocenters. The van der Waals surface area contributed by atoms with Gasteiger partial charge in [0.1, 0.15) is 0 Å². The summed E-state index contributed by atoms with van der Waals surface area (Å²) in [7, 11) is -4.46. The summed E-state index contributed by atoms with van der Waals surface area (Å²) in [5, 5.41) is 0.418. The quantitative estimate of drug-likeness (QED) is 0.691. The maximum Gasteiger partial charge on any atom is 0.496 e. The molecule has 0 saturated carbocycles. The summed E-state index contributed by atoms with van der Waals surface area (Å²) < 4.78 is 40.6. The van der Waals surface area contributed by atoms with Gasteiger partial charge in [-0.05, 0) is 70.4 Å². The van der Waals surface area contributed by atoms with Gasteiger partial charge in [0.15, 0.2) is 0 Å². The fraction of sp³-hybridized carbons (Fsp3) is 0.429. The lowest BCUT2D eigenvalue weighted by atomic mass is 9.79. The number of rotatable bonds is 3. The van der Waals surface area contributed by atoms with E-state index < -0.39 is 28.3 Å². The van der Waals surface area contributed by atoms with Gasteiger partial charge in [0.25, 0.3) is 10.0 Å². The van der Waals surface area contributed by atoms with E-state index in [1.807, 2.05) is 52.0 Å². The number of sulfonamides is 1. The molecule has 8 heteroatoms. The van der Waals surface area contributed by atoms with Crippen LogP contribution in [0.3, 0.4) is 0 Å². The van der Waals surface area contributed by atoms with Crippen LogP contribution in [-0.4, -0.2) is 33.3 Å². The highest BCUT2D eigenvalue weighted by Gasteiger charge is 2.52. The van der Waals surface area contributed by atoms with Crippen LogP contribution in [0.25, 0.3) is 0 Å². The Morgan fingerprint density at radius 2 is 1.69 bits per heavy atom. The predicted octanol–water partition coefficient (Wildman–Crippen LogP) is 3.78. The third kappa shape index (κ3) is 3.48. The number of anilines is 1. The zero-order chi connectivity index (χ0) is 21.0. The van der Waals surface area contributed by atoms with Gasteiger partial charge >= 0.3 is 7.12 Å². The summed E-state index contributed by atoms with van der Waals surface area (Å²) >= 11 is 6.41. The smallest absolute Gasteiger partial charge is 0.399 e. The molecule has 0 unspecified atom stereocenters. The Morgan fingerprint density at radius 3 is 2.38 bits per heavy atom. The van der Waals surface area contributed by atoms with Gasteiger partial charge in [-0.25, -0.2) is 8.42 Å². The minimum Gasteiger partial charge on any atom is -0.399 e. The number of hydrogen-bond acceptors (Lipinski definition) is 4. The van der Waals surface area contributed by atoms with Gasteiger partial charge in [0, 0.05) is 17.0 Å². The van der Waals surface area contributed by atoms with E-state index in [4.69, 9.17) is 20.9 Å². The molecule has 154 valence electrons. The third-order valence-corrected chi connectivity index (χ3v) is 8.28. The van der Waals surface area contributed by atoms with Crippen molar-refractivity contribution in [2.75, 3.05) is 10.8 Å². The average Bonchev–Trinajstić information content (AvgIpc) is 2.88. The van der Waals surface area contributed by atoms with E-state index in [2.05, 4.69) is 0 Å². The zero-order valence-corrected chi connectivity index (χ0v) is 18.7. The molecule has 0 amide bonds. The van der Waals surface area contributed by atoms with Gasteiger partial charge in [-0.1, -0.05) is 29.8 Å². The molecule has 0 spiro atoms. The molecule has 1 fully saturated rings. The van der Waals surface area contributed by atoms with E-state index in [1.165, 1.54) is 4.31 Å². The number of hydrogen-bond donors (Lipinski definition) is 0. The van der Waals surface area contributed by atoms with E-state index in [0.717, 1.165) is 24.1 Å². The van der Waals surface area contributed by atoms with Crippen LogP contribution < -0.4 is 9.77 Å². The van der Waals surface area contributed by atoms with Gasteiger partial charge in [-0.2, -0.15) is 0 Å². The van der Waals surface area contributed by atoms with Crippen molar-refractivity contribution in [1.29, 1.82) is 0 Å². The highest BCUT2D eigenvalue weighted by atomic mass is 35.5. The highest BCUT2D eigenvalue weighted by molar-refractivity contribution is 7.92. The van der Waals surface area contributed by atoms with Crippen molar-refractivity contribution in [2.45, 2.75) is 56.6 Å². The Labute approximate surface area is 178 Å². The van der Waals surface area contributed by atoms with Crippen molar-refractivity contribution in [3.05, 3.63) is 53.1 Å². The number of nitrogens with zero attached hydrogens (tertiary/aromatic N) is 1. The topological polar surface area (TPSA) is 55.8 Å². The molecule has 0 N–H and O–H groups in total. The molecule has 5 nitrogen and oxygen atoms in total. The number of halogens is 1. The lowest BCUT2D eigenvalue weighted by molar-refractivity contribution is 0.00578. The van der Waals surface area contributed by atoms with Crippen LogP contribution >= 0.6 is 11.6 Å². The molecular weight excluding hydrogens is 409 g/mol. The van der Waals surface area contributed by atoms with Crippen molar-refractivity contribution in [2.24, 2.45) is 0 Å². The summed E-state index contributed by atoms with van der Waals surface area (Å²) in [6.07, 6.45) is 1.66. The van der Waals surface area contributed by atoms with Crippen molar-refractivity contribution < 1.29 is 17.7 Å². The Kier molecular flexibility index (Phi) is 5.01. The van der Waals surface area contributed by atoms with Gasteiger partial charge in [-0.15, -0.1) is 0 Å². The normalized spacial score (nSPS) is 20.6. The fourth-order valence-corrected chi connectivity index (χ4v) is 5.49. The average molecular weight is 434 g/mol. The molecule has 2 heterocycles. The second-order valence-corrected chi connectivity index (χ2v) is 10.9. The Morgan fingerprint density at radius 1 is 1.03 bits per heavy atom. The molecule has 2 aliphatic rings. The van der Waals surface area contributed by atoms with E-state index in [1.54, 1.807) is 18.2 Å². The molecule has 4 rings (SSSR count). The first-order valence-electron chi connectivity index (χ1n) is 9.79. The zero-order valence-electron chi connectivity index (χ0n) is 17.1. The largest absolute Gasteiger partial charge is 0.496 e. The monoisotopic (exact) mass is 433 g/mol. The van der Waals surface area contributed by atoms with Crippen LogP contribution in [0.5, 0.6) is 0 Å². The molecule has 0 radical (unpaired) electrons. The van der Waals surface area contributed by atoms with E-state index in [-0.39, 0.29) is 4.90 Å². The molecular formula is C21H25BClNO4S. The predicted molar refractivity (Wildman–Crippen MR) is 116 cm³/mol. The van der Waals surface area contributed by atoms with Crippen LogP contribution in [0.2, 0.25) is 5.02 Å². The fourth-order valence-electron chi connectivity index (χ4n) is 3.71. The molecule has 29 heavy (non-hydrogen) atoms. The SMILES string of the molecule is CC1(C)OB(c2cc(S(=O)(=O)N3CCCc4ccccc43)ccc2Cl)OC1(C)C. The lowest BCUT2D eigenvalue weighted by Crippen LogP contribution is -2.41. The van der Waals surface area contributed by atoms with Crippen LogP contribution in [-0.2, 0) is 25.8 Å². The van der Waals surface area contributed by atoms with Gasteiger partial charge < -0.3 is 9.31 Å². The van der Waals surface area contributed by atoms with Crippen molar-refractivity contribution in [3.63, 3.8) is 0 Å². The van der Waals surface area contributed by atoms with Crippen LogP contribution in [0.1, 0.15) is 39.7 Å². The maximum atomic E-state index is 13.5. The van der Waals surface area contributed by atoms with Gasteiger partial charge in [-0.3, -0.25) is 4.31 Å². The second-order valence-electron chi connectivity index (χ2n) is 8.58. The summed E-state index contributed by atoms with van der Waals surface area (Å²) in [6, 6.07) is 12.4. The molecule has 2 aromatic rings. The van der Waals surface area contributed by atoms with Crippen molar-refractivity contribution in [3.8, 4) is 0 Å². The molecule has 0 bridgehead atoms. The van der Waals surface area contributed by atoms with E-state index >= 15 is 0 Å². The van der Waals surface area contributed by atoms with Crippen LogP contribution in [0, 0.1) is 0 Å². The third-order valence-electron chi connectivity index (χ3n) is 6.13. The Bertz CT molecular complexity index is 1040. The van der Waals surface area contributed by atoms with E-state index in [9.17, 15) is 8.42 Å².